The van der Waals surface area contributed by atoms with Crippen molar-refractivity contribution >= 4 is 0 Å². The van der Waals surface area contributed by atoms with Crippen LogP contribution in [-0.2, 0) is 6.54 Å². The minimum atomic E-state index is 0.558. The van der Waals surface area contributed by atoms with Crippen LogP contribution in [0.1, 0.15) is 17.0 Å². The minimum Gasteiger partial charge on any atom is -0.495 e. The molecule has 0 bridgehead atoms. The Morgan fingerprint density at radius 1 is 1.47 bits per heavy atom. The van der Waals surface area contributed by atoms with Crippen LogP contribution >= 0.6 is 0 Å². The van der Waals surface area contributed by atoms with Crippen molar-refractivity contribution in [3.8, 4) is 11.8 Å². The number of hydrogen-bond donors (Lipinski definition) is 0. The monoisotopic (exact) mass is 227 g/mol. The summed E-state index contributed by atoms with van der Waals surface area (Å²) in [7, 11) is 1.57. The van der Waals surface area contributed by atoms with Crippen molar-refractivity contribution in [1.29, 1.82) is 5.26 Å². The lowest BCUT2D eigenvalue weighted by Gasteiger charge is -2.07. The van der Waals surface area contributed by atoms with Crippen LogP contribution in [-0.4, -0.2) is 16.7 Å². The maximum atomic E-state index is 9.01. The number of nitriles is 1. The molecule has 0 aliphatic heterocycles. The van der Waals surface area contributed by atoms with E-state index in [1.165, 1.54) is 0 Å². The molecule has 0 aliphatic rings. The first-order valence-electron chi connectivity index (χ1n) is 5.29. The van der Waals surface area contributed by atoms with E-state index in [1.807, 2.05) is 35.9 Å². The summed E-state index contributed by atoms with van der Waals surface area (Å²) in [5.41, 5.74) is 1.62. The second-order valence-electron chi connectivity index (χ2n) is 3.75. The molecule has 86 valence electrons. The lowest BCUT2D eigenvalue weighted by atomic mass is 10.1. The highest BCUT2D eigenvalue weighted by Crippen LogP contribution is 2.19. The minimum absolute atomic E-state index is 0.558. The summed E-state index contributed by atoms with van der Waals surface area (Å²) in [5.74, 6) is 1.57. The van der Waals surface area contributed by atoms with E-state index in [2.05, 4.69) is 11.1 Å². The maximum Gasteiger partial charge on any atom is 0.136 e. The van der Waals surface area contributed by atoms with E-state index >= 15 is 0 Å². The molecule has 0 saturated heterocycles. The molecular formula is C13H13N3O. The summed E-state index contributed by atoms with van der Waals surface area (Å²) in [5, 5.41) is 9.01. The Hall–Kier alpha value is -2.28. The van der Waals surface area contributed by atoms with Crippen molar-refractivity contribution < 1.29 is 4.74 Å². The second-order valence-corrected chi connectivity index (χ2v) is 3.75. The van der Waals surface area contributed by atoms with Crippen molar-refractivity contribution in [2.24, 2.45) is 0 Å². The van der Waals surface area contributed by atoms with Gasteiger partial charge in [0, 0.05) is 18.9 Å². The predicted octanol–water partition coefficient (Wildman–Crippen LogP) is 2.12. The number of methoxy groups -OCH3 is 1. The fourth-order valence-electron chi connectivity index (χ4n) is 1.71. The van der Waals surface area contributed by atoms with Gasteiger partial charge in [0.15, 0.2) is 0 Å². The molecule has 0 amide bonds. The highest BCUT2D eigenvalue weighted by atomic mass is 16.5. The number of imidazole rings is 1. The summed E-state index contributed by atoms with van der Waals surface area (Å²) < 4.78 is 7.14. The SMILES string of the molecule is COc1ccc(Cn2ccnc2C)cc1C#N. The maximum absolute atomic E-state index is 9.01. The van der Waals surface area contributed by atoms with E-state index in [0.717, 1.165) is 11.4 Å². The third kappa shape index (κ3) is 2.28. The standard InChI is InChI=1S/C13H13N3O/c1-10-15-5-6-16(10)9-11-3-4-13(17-2)12(7-11)8-14/h3-7H,9H2,1-2H3. The van der Waals surface area contributed by atoms with Gasteiger partial charge < -0.3 is 9.30 Å². The van der Waals surface area contributed by atoms with Gasteiger partial charge in [0.2, 0.25) is 0 Å². The number of aryl methyl sites for hydroxylation is 1. The lowest BCUT2D eigenvalue weighted by molar-refractivity contribution is 0.413. The van der Waals surface area contributed by atoms with Gasteiger partial charge >= 0.3 is 0 Å². The van der Waals surface area contributed by atoms with Gasteiger partial charge in [-0.15, -0.1) is 0 Å². The Labute approximate surface area is 100 Å². The van der Waals surface area contributed by atoms with Crippen LogP contribution in [0.2, 0.25) is 0 Å². The molecule has 4 heteroatoms. The Bertz CT molecular complexity index is 566. The quantitative estimate of drug-likeness (QED) is 0.807. The van der Waals surface area contributed by atoms with Gasteiger partial charge in [-0.05, 0) is 24.6 Å². The predicted molar refractivity (Wildman–Crippen MR) is 63.8 cm³/mol. The first-order valence-corrected chi connectivity index (χ1v) is 5.29. The topological polar surface area (TPSA) is 50.8 Å². The Balaban J connectivity index is 2.29. The molecule has 2 rings (SSSR count). The number of rotatable bonds is 3. The Morgan fingerprint density at radius 2 is 2.29 bits per heavy atom. The van der Waals surface area contributed by atoms with E-state index in [0.29, 0.717) is 17.9 Å². The van der Waals surface area contributed by atoms with Crippen molar-refractivity contribution in [2.75, 3.05) is 7.11 Å². The first kappa shape index (κ1) is 11.2. The zero-order chi connectivity index (χ0) is 12.3. The first-order chi connectivity index (χ1) is 8.24. The molecule has 0 atom stereocenters. The van der Waals surface area contributed by atoms with Gasteiger partial charge in [-0.25, -0.2) is 4.98 Å². The molecule has 0 N–H and O–H groups in total. The van der Waals surface area contributed by atoms with Crippen molar-refractivity contribution in [2.45, 2.75) is 13.5 Å². The summed E-state index contributed by atoms with van der Waals surface area (Å²) in [6.45, 7) is 2.67. The fraction of sp³-hybridized carbons (Fsp3) is 0.231. The zero-order valence-corrected chi connectivity index (χ0v) is 9.84. The van der Waals surface area contributed by atoms with Gasteiger partial charge in [-0.2, -0.15) is 5.26 Å². The van der Waals surface area contributed by atoms with Gasteiger partial charge in [-0.3, -0.25) is 0 Å². The molecule has 2 aromatic rings. The van der Waals surface area contributed by atoms with Crippen LogP contribution in [0.5, 0.6) is 5.75 Å². The smallest absolute Gasteiger partial charge is 0.136 e. The summed E-state index contributed by atoms with van der Waals surface area (Å²) >= 11 is 0. The molecule has 17 heavy (non-hydrogen) atoms. The van der Waals surface area contributed by atoms with E-state index in [1.54, 1.807) is 13.3 Å². The molecule has 0 saturated carbocycles. The van der Waals surface area contributed by atoms with Crippen LogP contribution in [0.3, 0.4) is 0 Å². The summed E-state index contributed by atoms with van der Waals surface area (Å²) in [4.78, 5) is 4.16. The summed E-state index contributed by atoms with van der Waals surface area (Å²) in [6.07, 6.45) is 3.69. The normalized spacial score (nSPS) is 9.94. The highest BCUT2D eigenvalue weighted by molar-refractivity contribution is 5.45. The van der Waals surface area contributed by atoms with E-state index in [-0.39, 0.29) is 0 Å². The molecular weight excluding hydrogens is 214 g/mol. The van der Waals surface area contributed by atoms with E-state index in [9.17, 15) is 0 Å². The number of ether oxygens (including phenoxy) is 1. The van der Waals surface area contributed by atoms with Crippen molar-refractivity contribution in [3.63, 3.8) is 0 Å². The van der Waals surface area contributed by atoms with Crippen LogP contribution in [0.4, 0.5) is 0 Å². The molecule has 0 fully saturated rings. The average Bonchev–Trinajstić information content (AvgIpc) is 2.75. The van der Waals surface area contributed by atoms with Crippen LogP contribution in [0.15, 0.2) is 30.6 Å². The molecule has 0 radical (unpaired) electrons. The summed E-state index contributed by atoms with van der Waals surface area (Å²) in [6, 6.07) is 7.75. The van der Waals surface area contributed by atoms with E-state index < -0.39 is 0 Å². The van der Waals surface area contributed by atoms with Gasteiger partial charge in [-0.1, -0.05) is 6.07 Å². The van der Waals surface area contributed by atoms with Crippen LogP contribution in [0, 0.1) is 18.3 Å². The molecule has 0 aliphatic carbocycles. The van der Waals surface area contributed by atoms with Crippen LogP contribution < -0.4 is 4.74 Å². The van der Waals surface area contributed by atoms with Crippen molar-refractivity contribution in [1.82, 2.24) is 9.55 Å². The fourth-order valence-corrected chi connectivity index (χ4v) is 1.71. The molecule has 0 unspecified atom stereocenters. The third-order valence-electron chi connectivity index (χ3n) is 2.66. The third-order valence-corrected chi connectivity index (χ3v) is 2.66. The number of benzene rings is 1. The van der Waals surface area contributed by atoms with Crippen molar-refractivity contribution in [3.05, 3.63) is 47.5 Å². The van der Waals surface area contributed by atoms with Crippen LogP contribution in [0.25, 0.3) is 0 Å². The second kappa shape index (κ2) is 4.71. The van der Waals surface area contributed by atoms with E-state index in [4.69, 9.17) is 10.00 Å². The molecule has 1 aromatic heterocycles. The molecule has 1 aromatic carbocycles. The highest BCUT2D eigenvalue weighted by Gasteiger charge is 2.05. The average molecular weight is 227 g/mol. The number of hydrogen-bond acceptors (Lipinski definition) is 3. The van der Waals surface area contributed by atoms with Gasteiger partial charge in [0.1, 0.15) is 17.6 Å². The van der Waals surface area contributed by atoms with Gasteiger partial charge in [0.05, 0.1) is 12.7 Å². The molecule has 4 nitrogen and oxygen atoms in total. The number of nitrogens with zero attached hydrogens (tertiary/aromatic N) is 3. The lowest BCUT2D eigenvalue weighted by Crippen LogP contribution is -2.01. The Morgan fingerprint density at radius 3 is 2.88 bits per heavy atom. The Kier molecular flexibility index (Phi) is 3.10. The largest absolute Gasteiger partial charge is 0.495 e. The number of aromatic nitrogens is 2. The van der Waals surface area contributed by atoms with Gasteiger partial charge in [0.25, 0.3) is 0 Å². The molecule has 1 heterocycles. The zero-order valence-electron chi connectivity index (χ0n) is 9.84. The molecule has 0 spiro atoms.